The number of halogens is 1. The summed E-state index contributed by atoms with van der Waals surface area (Å²) in [5.41, 5.74) is 5.87. The molecule has 0 unspecified atom stereocenters. The molecular weight excluding hydrogens is 205 g/mol. The highest BCUT2D eigenvalue weighted by Crippen LogP contribution is 2.27. The highest BCUT2D eigenvalue weighted by Gasteiger charge is 2.15. The fourth-order valence-corrected chi connectivity index (χ4v) is 2.41. The molecule has 2 rings (SSSR count). The summed E-state index contributed by atoms with van der Waals surface area (Å²) >= 11 is 0. The molecule has 1 heterocycles. The quantitative estimate of drug-likeness (QED) is 0.857. The predicted octanol–water partition coefficient (Wildman–Crippen LogP) is 2.71. The second-order valence-electron chi connectivity index (χ2n) is 4.56. The zero-order valence-corrected chi connectivity index (χ0v) is 9.45. The van der Waals surface area contributed by atoms with E-state index in [0.717, 1.165) is 12.3 Å². The SMILES string of the molecule is Nc1ncnc(CCC2CCCCC2)c1F. The Hall–Kier alpha value is -1.19. The van der Waals surface area contributed by atoms with E-state index in [2.05, 4.69) is 9.97 Å². The molecule has 1 aromatic heterocycles. The molecule has 1 saturated carbocycles. The Morgan fingerprint density at radius 1 is 1.25 bits per heavy atom. The molecule has 0 atom stereocenters. The van der Waals surface area contributed by atoms with Crippen LogP contribution in [0.15, 0.2) is 6.33 Å². The fraction of sp³-hybridized carbons (Fsp3) is 0.667. The van der Waals surface area contributed by atoms with Crippen LogP contribution in [-0.4, -0.2) is 9.97 Å². The van der Waals surface area contributed by atoms with Crippen LogP contribution in [0.5, 0.6) is 0 Å². The molecule has 0 bridgehead atoms. The van der Waals surface area contributed by atoms with Gasteiger partial charge in [-0.3, -0.25) is 0 Å². The van der Waals surface area contributed by atoms with E-state index >= 15 is 0 Å². The summed E-state index contributed by atoms with van der Waals surface area (Å²) in [6.45, 7) is 0. The van der Waals surface area contributed by atoms with Crippen molar-refractivity contribution in [2.45, 2.75) is 44.9 Å². The van der Waals surface area contributed by atoms with Crippen LogP contribution in [0.4, 0.5) is 10.2 Å². The number of nitrogen functional groups attached to an aromatic ring is 1. The Bertz CT molecular complexity index is 348. The number of aryl methyl sites for hydroxylation is 1. The number of aromatic nitrogens is 2. The Kier molecular flexibility index (Phi) is 3.70. The van der Waals surface area contributed by atoms with E-state index in [1.54, 1.807) is 0 Å². The number of anilines is 1. The zero-order valence-electron chi connectivity index (χ0n) is 9.45. The molecular formula is C12H18FN3. The molecule has 1 aliphatic rings. The van der Waals surface area contributed by atoms with E-state index in [0.29, 0.717) is 12.1 Å². The summed E-state index contributed by atoms with van der Waals surface area (Å²) < 4.78 is 13.5. The third kappa shape index (κ3) is 2.68. The van der Waals surface area contributed by atoms with E-state index in [-0.39, 0.29) is 5.82 Å². The van der Waals surface area contributed by atoms with Crippen molar-refractivity contribution in [2.75, 3.05) is 5.73 Å². The molecule has 1 fully saturated rings. The second kappa shape index (κ2) is 5.23. The van der Waals surface area contributed by atoms with Crippen LogP contribution < -0.4 is 5.73 Å². The maximum Gasteiger partial charge on any atom is 0.186 e. The maximum absolute atomic E-state index is 13.5. The molecule has 0 saturated heterocycles. The highest BCUT2D eigenvalue weighted by molar-refractivity contribution is 5.30. The van der Waals surface area contributed by atoms with Gasteiger partial charge in [-0.05, 0) is 18.8 Å². The van der Waals surface area contributed by atoms with Crippen molar-refractivity contribution in [3.63, 3.8) is 0 Å². The van der Waals surface area contributed by atoms with Gasteiger partial charge in [0, 0.05) is 0 Å². The van der Waals surface area contributed by atoms with E-state index < -0.39 is 5.82 Å². The molecule has 2 N–H and O–H groups in total. The van der Waals surface area contributed by atoms with Crippen molar-refractivity contribution in [2.24, 2.45) is 5.92 Å². The van der Waals surface area contributed by atoms with Gasteiger partial charge in [0.05, 0.1) is 5.69 Å². The van der Waals surface area contributed by atoms with Crippen molar-refractivity contribution in [3.8, 4) is 0 Å². The molecule has 0 amide bonds. The topological polar surface area (TPSA) is 51.8 Å². The van der Waals surface area contributed by atoms with Gasteiger partial charge in [-0.15, -0.1) is 0 Å². The molecule has 0 radical (unpaired) electrons. The predicted molar refractivity (Wildman–Crippen MR) is 61.3 cm³/mol. The van der Waals surface area contributed by atoms with Crippen LogP contribution in [0.25, 0.3) is 0 Å². The molecule has 1 aliphatic carbocycles. The van der Waals surface area contributed by atoms with Crippen LogP contribution in [0.1, 0.15) is 44.2 Å². The van der Waals surface area contributed by atoms with E-state index in [1.807, 2.05) is 0 Å². The monoisotopic (exact) mass is 223 g/mol. The van der Waals surface area contributed by atoms with Gasteiger partial charge in [0.2, 0.25) is 0 Å². The lowest BCUT2D eigenvalue weighted by Crippen LogP contribution is -2.09. The van der Waals surface area contributed by atoms with E-state index in [9.17, 15) is 4.39 Å². The molecule has 88 valence electrons. The second-order valence-corrected chi connectivity index (χ2v) is 4.56. The fourth-order valence-electron chi connectivity index (χ4n) is 2.41. The Balaban J connectivity index is 1.91. The summed E-state index contributed by atoms with van der Waals surface area (Å²) in [5, 5.41) is 0. The van der Waals surface area contributed by atoms with Crippen LogP contribution in [-0.2, 0) is 6.42 Å². The standard InChI is InChI=1S/C12H18FN3/c13-11-10(15-8-16-12(11)14)7-6-9-4-2-1-3-5-9/h8-9H,1-7H2,(H2,14,15,16). The molecule has 0 aliphatic heterocycles. The molecule has 0 aromatic carbocycles. The van der Waals surface area contributed by atoms with Crippen molar-refractivity contribution in [3.05, 3.63) is 17.8 Å². The van der Waals surface area contributed by atoms with Crippen LogP contribution >= 0.6 is 0 Å². The number of hydrogen-bond acceptors (Lipinski definition) is 3. The van der Waals surface area contributed by atoms with Gasteiger partial charge >= 0.3 is 0 Å². The molecule has 0 spiro atoms. The van der Waals surface area contributed by atoms with Gasteiger partial charge in [-0.2, -0.15) is 0 Å². The van der Waals surface area contributed by atoms with Crippen LogP contribution in [0.2, 0.25) is 0 Å². The zero-order chi connectivity index (χ0) is 11.4. The minimum Gasteiger partial charge on any atom is -0.381 e. The summed E-state index contributed by atoms with van der Waals surface area (Å²) in [6.07, 6.45) is 9.60. The largest absolute Gasteiger partial charge is 0.381 e. The smallest absolute Gasteiger partial charge is 0.186 e. The summed E-state index contributed by atoms with van der Waals surface area (Å²) in [6, 6.07) is 0. The molecule has 4 heteroatoms. The maximum atomic E-state index is 13.5. The first-order valence-corrected chi connectivity index (χ1v) is 6.02. The average Bonchev–Trinajstić information content (AvgIpc) is 2.32. The third-order valence-electron chi connectivity index (χ3n) is 3.40. The van der Waals surface area contributed by atoms with E-state index in [4.69, 9.17) is 5.73 Å². The van der Waals surface area contributed by atoms with Gasteiger partial charge in [0.25, 0.3) is 0 Å². The van der Waals surface area contributed by atoms with Gasteiger partial charge < -0.3 is 5.73 Å². The number of nitrogens with two attached hydrogens (primary N) is 1. The van der Waals surface area contributed by atoms with Gasteiger partial charge in [-0.25, -0.2) is 14.4 Å². The Morgan fingerprint density at radius 2 is 2.00 bits per heavy atom. The highest BCUT2D eigenvalue weighted by atomic mass is 19.1. The summed E-state index contributed by atoms with van der Waals surface area (Å²) in [5.74, 6) is 0.274. The van der Waals surface area contributed by atoms with Crippen molar-refractivity contribution in [1.29, 1.82) is 0 Å². The minimum absolute atomic E-state index is 0.0337. The first-order valence-electron chi connectivity index (χ1n) is 6.02. The van der Waals surface area contributed by atoms with Crippen molar-refractivity contribution >= 4 is 5.82 Å². The summed E-state index contributed by atoms with van der Waals surface area (Å²) in [7, 11) is 0. The lowest BCUT2D eigenvalue weighted by atomic mass is 9.86. The Labute approximate surface area is 95.3 Å². The van der Waals surface area contributed by atoms with Crippen LogP contribution in [0.3, 0.4) is 0 Å². The van der Waals surface area contributed by atoms with Gasteiger partial charge in [0.15, 0.2) is 11.6 Å². The van der Waals surface area contributed by atoms with Gasteiger partial charge in [0.1, 0.15) is 6.33 Å². The van der Waals surface area contributed by atoms with Crippen LogP contribution in [0, 0.1) is 11.7 Å². The van der Waals surface area contributed by atoms with Gasteiger partial charge in [-0.1, -0.05) is 32.1 Å². The van der Waals surface area contributed by atoms with E-state index in [1.165, 1.54) is 38.4 Å². The van der Waals surface area contributed by atoms with Crippen molar-refractivity contribution < 1.29 is 4.39 Å². The summed E-state index contributed by atoms with van der Waals surface area (Å²) in [4.78, 5) is 7.58. The average molecular weight is 223 g/mol. The third-order valence-corrected chi connectivity index (χ3v) is 3.40. The van der Waals surface area contributed by atoms with Crippen molar-refractivity contribution in [1.82, 2.24) is 9.97 Å². The minimum atomic E-state index is -0.432. The number of hydrogen-bond donors (Lipinski definition) is 1. The lowest BCUT2D eigenvalue weighted by molar-refractivity contribution is 0.337. The number of nitrogens with zero attached hydrogens (tertiary/aromatic N) is 2. The first-order chi connectivity index (χ1) is 7.77. The first kappa shape index (κ1) is 11.3. The normalized spacial score (nSPS) is 17.6. The molecule has 16 heavy (non-hydrogen) atoms. The lowest BCUT2D eigenvalue weighted by Gasteiger charge is -2.21. The number of rotatable bonds is 3. The Morgan fingerprint density at radius 3 is 2.75 bits per heavy atom. The molecule has 1 aromatic rings. The molecule has 3 nitrogen and oxygen atoms in total.